The second-order valence-electron chi connectivity index (χ2n) is 2.70. The first-order valence-corrected chi connectivity index (χ1v) is 3.24. The second-order valence-corrected chi connectivity index (χ2v) is 2.70. The Morgan fingerprint density at radius 3 is 3.00 bits per heavy atom. The van der Waals surface area contributed by atoms with Gasteiger partial charge in [-0.05, 0) is 13.8 Å². The highest BCUT2D eigenvalue weighted by Gasteiger charge is 2.31. The minimum absolute atomic E-state index is 0.333. The Bertz CT molecular complexity index is 158. The predicted molar refractivity (Wildman–Crippen MR) is 35.6 cm³/mol. The molecule has 1 fully saturated rings. The van der Waals surface area contributed by atoms with Gasteiger partial charge in [0.25, 0.3) is 0 Å². The molecule has 10 heavy (non-hydrogen) atoms. The summed E-state index contributed by atoms with van der Waals surface area (Å²) in [5.74, 6) is -0.632. The average Bonchev–Trinajstić information content (AvgIpc) is 2.29. The monoisotopic (exact) mass is 145 g/mol. The van der Waals surface area contributed by atoms with Gasteiger partial charge in [0.05, 0.1) is 12.7 Å². The lowest BCUT2D eigenvalue weighted by Gasteiger charge is -2.15. The molecular weight excluding hydrogens is 132 g/mol. The molecule has 0 unspecified atom stereocenters. The summed E-state index contributed by atoms with van der Waals surface area (Å²) in [7, 11) is 0. The average molecular weight is 145 g/mol. The highest BCUT2D eigenvalue weighted by molar-refractivity contribution is 5.50. The van der Waals surface area contributed by atoms with Crippen molar-refractivity contribution in [3.63, 3.8) is 0 Å². The summed E-state index contributed by atoms with van der Waals surface area (Å²) in [6.45, 7) is 3.87. The van der Waals surface area contributed by atoms with Gasteiger partial charge in [-0.1, -0.05) is 0 Å². The Kier molecular flexibility index (Phi) is 1.69. The molecule has 3 heteroatoms. The maximum Gasteiger partial charge on any atom is 0.163 e. The highest BCUT2D eigenvalue weighted by atomic mass is 16.7. The summed E-state index contributed by atoms with van der Waals surface area (Å²) in [4.78, 5) is 10.2. The van der Waals surface area contributed by atoms with E-state index in [0.717, 1.165) is 0 Å². The zero-order valence-electron chi connectivity index (χ0n) is 7.16. The second kappa shape index (κ2) is 2.68. The number of rotatable bonds is 2. The smallest absolute Gasteiger partial charge is 0.163 e. The molecule has 1 rings (SSSR count). The van der Waals surface area contributed by atoms with Gasteiger partial charge in [-0.15, -0.1) is 0 Å². The number of carbonyl (C=O) groups is 1. The van der Waals surface area contributed by atoms with Crippen molar-refractivity contribution in [3.8, 4) is 0 Å². The quantitative estimate of drug-likeness (QED) is 0.537. The van der Waals surface area contributed by atoms with Gasteiger partial charge in [-0.25, -0.2) is 0 Å². The van der Waals surface area contributed by atoms with Crippen LogP contribution in [0, 0.1) is 0 Å². The number of ether oxygens (including phenoxy) is 2. The third-order valence-electron chi connectivity index (χ3n) is 1.32. The molecule has 0 aromatic heterocycles. The Morgan fingerprint density at radius 1 is 1.90 bits per heavy atom. The fourth-order valence-corrected chi connectivity index (χ4v) is 0.898. The Balaban J connectivity index is 2.47. The minimum Gasteiger partial charge on any atom is -0.348 e. The van der Waals surface area contributed by atoms with Crippen molar-refractivity contribution in [3.05, 3.63) is 0 Å². The fourth-order valence-electron chi connectivity index (χ4n) is 0.898. The van der Waals surface area contributed by atoms with Crippen LogP contribution in [0.3, 0.4) is 0 Å². The maximum atomic E-state index is 10.2. The highest BCUT2D eigenvalue weighted by Crippen LogP contribution is 2.23. The molecule has 0 amide bonds. The number of hydrogen-bond acceptors (Lipinski definition) is 3. The summed E-state index contributed by atoms with van der Waals surface area (Å²) < 4.78 is 17.7. The first kappa shape index (κ1) is 6.31. The molecule has 2 atom stereocenters. The van der Waals surface area contributed by atoms with Gasteiger partial charge in [-0.2, -0.15) is 0 Å². The van der Waals surface area contributed by atoms with Crippen molar-refractivity contribution >= 4 is 6.29 Å². The van der Waals surface area contributed by atoms with Gasteiger partial charge in [0, 0.05) is 7.77 Å². The fraction of sp³-hybridized carbons (Fsp3) is 0.857. The lowest BCUT2D eigenvalue weighted by atomic mass is 10.3. The molecule has 1 heterocycles. The Hall–Kier alpha value is -0.410. The van der Waals surface area contributed by atoms with Crippen LogP contribution in [0.2, 0.25) is 0 Å². The van der Waals surface area contributed by atoms with Gasteiger partial charge < -0.3 is 14.3 Å². The van der Waals surface area contributed by atoms with Crippen molar-refractivity contribution in [1.82, 2.24) is 0 Å². The predicted octanol–water partition coefficient (Wildman–Crippen LogP) is 0.727. The van der Waals surface area contributed by atoms with E-state index >= 15 is 0 Å². The van der Waals surface area contributed by atoms with E-state index in [0.29, 0.717) is 12.9 Å². The zero-order valence-corrected chi connectivity index (χ0v) is 6.16. The van der Waals surface area contributed by atoms with Gasteiger partial charge in [0.15, 0.2) is 5.79 Å². The molecule has 0 saturated carbocycles. The molecule has 1 aliphatic rings. The lowest BCUT2D eigenvalue weighted by Crippen LogP contribution is -2.21. The molecule has 0 bridgehead atoms. The van der Waals surface area contributed by atoms with Crippen LogP contribution in [0.15, 0.2) is 0 Å². The molecule has 0 aliphatic carbocycles. The Morgan fingerprint density at radius 2 is 2.60 bits per heavy atom. The molecule has 0 spiro atoms. The first-order chi connectivity index (χ1) is 5.05. The van der Waals surface area contributed by atoms with Crippen LogP contribution in [0.1, 0.15) is 21.6 Å². The van der Waals surface area contributed by atoms with Crippen molar-refractivity contribution in [2.45, 2.75) is 32.1 Å². The summed E-state index contributed by atoms with van der Waals surface area (Å²) >= 11 is 0. The van der Waals surface area contributed by atoms with E-state index in [-0.39, 0.29) is 0 Å². The van der Waals surface area contributed by atoms with E-state index in [2.05, 4.69) is 0 Å². The number of carbonyl (C=O) groups excluding carboxylic acids is 1. The largest absolute Gasteiger partial charge is 0.348 e. The molecule has 0 aromatic rings. The van der Waals surface area contributed by atoms with E-state index in [1.807, 2.05) is 0 Å². The molecule has 3 nitrogen and oxygen atoms in total. The number of aldehydes is 1. The van der Waals surface area contributed by atoms with E-state index < -0.39 is 18.3 Å². The summed E-state index contributed by atoms with van der Waals surface area (Å²) in [5, 5.41) is 0. The van der Waals surface area contributed by atoms with Crippen LogP contribution < -0.4 is 0 Å². The van der Waals surface area contributed by atoms with Crippen molar-refractivity contribution in [2.24, 2.45) is 0 Å². The third-order valence-corrected chi connectivity index (χ3v) is 1.32. The van der Waals surface area contributed by atoms with E-state index in [4.69, 9.17) is 10.8 Å². The van der Waals surface area contributed by atoms with Gasteiger partial charge >= 0.3 is 0 Å². The SMILES string of the molecule is [2H][C@H](C=O)[C@@H]1COC(C)(C)O1. The maximum absolute atomic E-state index is 10.2. The molecule has 1 aliphatic heterocycles. The van der Waals surface area contributed by atoms with Crippen LogP contribution in [-0.2, 0) is 14.3 Å². The van der Waals surface area contributed by atoms with Crippen molar-refractivity contribution < 1.29 is 15.6 Å². The van der Waals surface area contributed by atoms with E-state index in [1.165, 1.54) is 0 Å². The molecule has 0 radical (unpaired) electrons. The third kappa shape index (κ3) is 1.78. The molecule has 1 saturated heterocycles. The van der Waals surface area contributed by atoms with Crippen molar-refractivity contribution in [1.29, 1.82) is 0 Å². The van der Waals surface area contributed by atoms with Crippen LogP contribution >= 0.6 is 0 Å². The van der Waals surface area contributed by atoms with Gasteiger partial charge in [0.2, 0.25) is 0 Å². The lowest BCUT2D eigenvalue weighted by molar-refractivity contribution is -0.140. The van der Waals surface area contributed by atoms with Crippen LogP contribution in [0.25, 0.3) is 0 Å². The van der Waals surface area contributed by atoms with Crippen LogP contribution in [0.5, 0.6) is 0 Å². The van der Waals surface area contributed by atoms with Gasteiger partial charge in [-0.3, -0.25) is 0 Å². The van der Waals surface area contributed by atoms with Gasteiger partial charge in [0.1, 0.15) is 6.29 Å². The normalized spacial score (nSPS) is 35.0. The summed E-state index contributed by atoms with van der Waals surface area (Å²) in [6, 6.07) is 0. The zero-order chi connectivity index (χ0) is 8.48. The minimum atomic E-state index is -0.822. The summed E-state index contributed by atoms with van der Waals surface area (Å²) in [5.41, 5.74) is 0. The number of hydrogen-bond donors (Lipinski definition) is 0. The molecular formula is C7H12O3. The van der Waals surface area contributed by atoms with Crippen molar-refractivity contribution in [2.75, 3.05) is 6.61 Å². The molecule has 58 valence electrons. The summed E-state index contributed by atoms with van der Waals surface area (Å²) in [6.07, 6.45) is -0.658. The van der Waals surface area contributed by atoms with E-state index in [1.54, 1.807) is 13.8 Å². The van der Waals surface area contributed by atoms with E-state index in [9.17, 15) is 4.79 Å². The molecule has 0 aromatic carbocycles. The molecule has 0 N–H and O–H groups in total. The standard InChI is InChI=1S/C7H12O3/c1-7(2)9-5-6(10-7)3-4-8/h4,6H,3,5H2,1-2H3/t6-/m1/s1/i3D/t3-,6-. The Labute approximate surface area is 61.7 Å². The topological polar surface area (TPSA) is 35.5 Å². The van der Waals surface area contributed by atoms with Crippen LogP contribution in [0.4, 0.5) is 0 Å². The first-order valence-electron chi connectivity index (χ1n) is 3.82. The van der Waals surface area contributed by atoms with Crippen LogP contribution in [-0.4, -0.2) is 24.8 Å².